The number of nitrogens with zero attached hydrogens (tertiary/aromatic N) is 1. The number of likely N-dealkylation sites (tertiary alicyclic amines) is 1. The van der Waals surface area contributed by atoms with E-state index in [0.29, 0.717) is 12.1 Å². The van der Waals surface area contributed by atoms with Gasteiger partial charge < -0.3 is 9.73 Å². The van der Waals surface area contributed by atoms with Crippen molar-refractivity contribution in [3.05, 3.63) is 21.0 Å². The first-order valence-corrected chi connectivity index (χ1v) is 8.74. The third kappa shape index (κ3) is 3.26. The van der Waals surface area contributed by atoms with Crippen LogP contribution in [0.25, 0.3) is 0 Å². The predicted molar refractivity (Wildman–Crippen MR) is 83.2 cm³/mol. The first-order valence-electron chi connectivity index (χ1n) is 7.15. The van der Waals surface area contributed by atoms with Gasteiger partial charge in [-0.15, -0.1) is 0 Å². The summed E-state index contributed by atoms with van der Waals surface area (Å²) in [6.07, 6.45) is 6.65. The first-order chi connectivity index (χ1) is 9.24. The van der Waals surface area contributed by atoms with Gasteiger partial charge >= 0.3 is 0 Å². The van der Waals surface area contributed by atoms with Crippen LogP contribution in [0.5, 0.6) is 0 Å². The normalized spacial score (nSPS) is 28.9. The molecule has 0 bridgehead atoms. The summed E-state index contributed by atoms with van der Waals surface area (Å²) in [4.78, 5) is 2.60. The van der Waals surface area contributed by atoms with Crippen LogP contribution >= 0.6 is 31.9 Å². The maximum Gasteiger partial charge on any atom is 0.183 e. The second-order valence-corrected chi connectivity index (χ2v) is 7.15. The van der Waals surface area contributed by atoms with Gasteiger partial charge in [0.25, 0.3) is 0 Å². The largest absolute Gasteiger partial charge is 0.452 e. The fourth-order valence-electron chi connectivity index (χ4n) is 3.38. The number of furan rings is 1. The molecule has 1 aromatic heterocycles. The Morgan fingerprint density at radius 2 is 2.16 bits per heavy atom. The summed E-state index contributed by atoms with van der Waals surface area (Å²) in [5.41, 5.74) is 0. The maximum absolute atomic E-state index is 5.74. The van der Waals surface area contributed by atoms with Gasteiger partial charge in [-0.3, -0.25) is 4.90 Å². The molecule has 2 unspecified atom stereocenters. The molecule has 3 heterocycles. The van der Waals surface area contributed by atoms with Crippen LogP contribution in [-0.2, 0) is 6.54 Å². The highest BCUT2D eigenvalue weighted by molar-refractivity contribution is 9.13. The molecule has 0 spiro atoms. The van der Waals surface area contributed by atoms with Crippen molar-refractivity contribution in [1.29, 1.82) is 0 Å². The molecule has 0 amide bonds. The minimum Gasteiger partial charge on any atom is -0.452 e. The van der Waals surface area contributed by atoms with Gasteiger partial charge in [0.05, 0.1) is 11.0 Å². The molecular weight excluding hydrogens is 372 g/mol. The van der Waals surface area contributed by atoms with E-state index in [1.807, 2.05) is 0 Å². The summed E-state index contributed by atoms with van der Waals surface area (Å²) in [6, 6.07) is 3.44. The van der Waals surface area contributed by atoms with E-state index in [4.69, 9.17) is 4.42 Å². The molecule has 3 nitrogen and oxygen atoms in total. The number of nitrogens with one attached hydrogen (secondary N) is 1. The minimum atomic E-state index is 0.680. The molecule has 2 aliphatic rings. The summed E-state index contributed by atoms with van der Waals surface area (Å²) >= 11 is 6.91. The first kappa shape index (κ1) is 14.1. The van der Waals surface area contributed by atoms with E-state index < -0.39 is 0 Å². The second kappa shape index (κ2) is 6.29. The van der Waals surface area contributed by atoms with Crippen molar-refractivity contribution >= 4 is 31.9 Å². The molecular formula is C14H20Br2N2O. The zero-order chi connectivity index (χ0) is 13.2. The average Bonchev–Trinajstić information content (AvgIpc) is 3.02. The smallest absolute Gasteiger partial charge is 0.183 e. The molecule has 0 radical (unpaired) electrons. The Bertz CT molecular complexity index is 410. The van der Waals surface area contributed by atoms with Crippen LogP contribution in [0.15, 0.2) is 19.6 Å². The number of hydrogen-bond acceptors (Lipinski definition) is 3. The lowest BCUT2D eigenvalue weighted by Crippen LogP contribution is -2.49. The number of rotatable bonds is 3. The van der Waals surface area contributed by atoms with E-state index in [1.54, 1.807) is 0 Å². The standard InChI is InChI=1S/C14H20Br2N2O/c15-11-8-10(19-14(11)16)9-18-7-2-1-5-13(18)12-4-3-6-17-12/h8,12-13,17H,1-7,9H2. The van der Waals surface area contributed by atoms with Gasteiger partial charge in [0.2, 0.25) is 0 Å². The van der Waals surface area contributed by atoms with Gasteiger partial charge in [-0.25, -0.2) is 0 Å². The van der Waals surface area contributed by atoms with Crippen molar-refractivity contribution in [1.82, 2.24) is 10.2 Å². The Labute approximate surface area is 131 Å². The summed E-state index contributed by atoms with van der Waals surface area (Å²) in [6.45, 7) is 3.30. The molecule has 106 valence electrons. The van der Waals surface area contributed by atoms with Crippen molar-refractivity contribution in [3.63, 3.8) is 0 Å². The topological polar surface area (TPSA) is 28.4 Å². The van der Waals surface area contributed by atoms with Gasteiger partial charge in [0, 0.05) is 12.1 Å². The Morgan fingerprint density at radius 3 is 2.84 bits per heavy atom. The summed E-state index contributed by atoms with van der Waals surface area (Å²) in [5.74, 6) is 1.05. The monoisotopic (exact) mass is 390 g/mol. The van der Waals surface area contributed by atoms with E-state index >= 15 is 0 Å². The molecule has 19 heavy (non-hydrogen) atoms. The fourth-order valence-corrected chi connectivity index (χ4v) is 4.04. The van der Waals surface area contributed by atoms with Gasteiger partial charge in [-0.1, -0.05) is 6.42 Å². The van der Waals surface area contributed by atoms with Crippen LogP contribution in [-0.4, -0.2) is 30.1 Å². The molecule has 0 saturated carbocycles. The number of hydrogen-bond donors (Lipinski definition) is 1. The predicted octanol–water partition coefficient (Wildman–Crippen LogP) is 3.91. The molecule has 2 atom stereocenters. The highest BCUT2D eigenvalue weighted by atomic mass is 79.9. The lowest BCUT2D eigenvalue weighted by atomic mass is 9.94. The summed E-state index contributed by atoms with van der Waals surface area (Å²) < 4.78 is 7.55. The van der Waals surface area contributed by atoms with E-state index in [1.165, 1.54) is 45.2 Å². The molecule has 0 aliphatic carbocycles. The molecule has 0 aromatic carbocycles. The van der Waals surface area contributed by atoms with Crippen LogP contribution in [0, 0.1) is 0 Å². The minimum absolute atomic E-state index is 0.680. The molecule has 3 rings (SSSR count). The van der Waals surface area contributed by atoms with E-state index in [2.05, 4.69) is 48.1 Å². The third-order valence-corrected chi connectivity index (χ3v) is 5.99. The molecule has 2 aliphatic heterocycles. The highest BCUT2D eigenvalue weighted by Gasteiger charge is 2.31. The molecule has 5 heteroatoms. The number of piperidine rings is 1. The van der Waals surface area contributed by atoms with Gasteiger partial charge in [-0.2, -0.15) is 0 Å². The van der Waals surface area contributed by atoms with Crippen molar-refractivity contribution in [2.45, 2.75) is 50.7 Å². The maximum atomic E-state index is 5.74. The van der Waals surface area contributed by atoms with Crippen molar-refractivity contribution in [2.24, 2.45) is 0 Å². The van der Waals surface area contributed by atoms with Crippen molar-refractivity contribution < 1.29 is 4.42 Å². The van der Waals surface area contributed by atoms with Crippen LogP contribution in [0.3, 0.4) is 0 Å². The van der Waals surface area contributed by atoms with E-state index in [9.17, 15) is 0 Å². The van der Waals surface area contributed by atoms with Crippen molar-refractivity contribution in [2.75, 3.05) is 13.1 Å². The third-order valence-electron chi connectivity index (χ3n) is 4.28. The van der Waals surface area contributed by atoms with E-state index in [0.717, 1.165) is 21.4 Å². The Hall–Kier alpha value is 0.160. The van der Waals surface area contributed by atoms with Gasteiger partial charge in [-0.05, 0) is 76.7 Å². The Morgan fingerprint density at radius 1 is 1.26 bits per heavy atom. The van der Waals surface area contributed by atoms with Crippen LogP contribution in [0.4, 0.5) is 0 Å². The summed E-state index contributed by atoms with van der Waals surface area (Å²) in [7, 11) is 0. The van der Waals surface area contributed by atoms with Crippen LogP contribution in [0.2, 0.25) is 0 Å². The average molecular weight is 392 g/mol. The lowest BCUT2D eigenvalue weighted by Gasteiger charge is -2.38. The van der Waals surface area contributed by atoms with Gasteiger partial charge in [0.1, 0.15) is 5.76 Å². The van der Waals surface area contributed by atoms with E-state index in [-0.39, 0.29) is 0 Å². The Kier molecular flexibility index (Phi) is 4.67. The molecule has 2 fully saturated rings. The summed E-state index contributed by atoms with van der Waals surface area (Å²) in [5, 5.41) is 3.67. The quantitative estimate of drug-likeness (QED) is 0.846. The molecule has 2 saturated heterocycles. The van der Waals surface area contributed by atoms with Gasteiger partial charge in [0.15, 0.2) is 4.67 Å². The van der Waals surface area contributed by atoms with Crippen LogP contribution < -0.4 is 5.32 Å². The zero-order valence-electron chi connectivity index (χ0n) is 11.0. The second-order valence-electron chi connectivity index (χ2n) is 5.57. The highest BCUT2D eigenvalue weighted by Crippen LogP contribution is 2.30. The number of halogens is 2. The lowest BCUT2D eigenvalue weighted by molar-refractivity contribution is 0.104. The van der Waals surface area contributed by atoms with Crippen LogP contribution in [0.1, 0.15) is 37.9 Å². The Balaban J connectivity index is 1.69. The fraction of sp³-hybridized carbons (Fsp3) is 0.714. The molecule has 1 N–H and O–H groups in total. The van der Waals surface area contributed by atoms with Crippen molar-refractivity contribution in [3.8, 4) is 0 Å². The zero-order valence-corrected chi connectivity index (χ0v) is 14.2. The molecule has 1 aromatic rings. The SMILES string of the molecule is Brc1cc(CN2CCCCC2C2CCCN2)oc1Br.